The van der Waals surface area contributed by atoms with Crippen LogP contribution in [0.15, 0.2) is 28.0 Å². The van der Waals surface area contributed by atoms with E-state index in [1.807, 2.05) is 4.98 Å². The highest BCUT2D eigenvalue weighted by Gasteiger charge is 2.32. The number of aromatic amines is 3. The van der Waals surface area contributed by atoms with Gasteiger partial charge in [0.2, 0.25) is 0 Å². The van der Waals surface area contributed by atoms with Crippen LogP contribution in [0.5, 0.6) is 0 Å². The van der Waals surface area contributed by atoms with E-state index in [1.165, 1.54) is 6.20 Å². The molecule has 2 aromatic rings. The predicted molar refractivity (Wildman–Crippen MR) is 77.7 cm³/mol. The average Bonchev–Trinajstić information content (AvgIpc) is 2.45. The molecule has 0 unspecified atom stereocenters. The van der Waals surface area contributed by atoms with Gasteiger partial charge in [-0.25, -0.2) is 9.78 Å². The Labute approximate surface area is 131 Å². The van der Waals surface area contributed by atoms with Gasteiger partial charge in [-0.15, -0.1) is 0 Å². The number of hydrogen-bond acceptors (Lipinski definition) is 4. The first kappa shape index (κ1) is 16.9. The predicted octanol–water partition coefficient (Wildman–Crippen LogP) is 1.07. The average molecular weight is 351 g/mol. The highest BCUT2D eigenvalue weighted by molar-refractivity contribution is 6.32. The molecule has 11 heteroatoms. The Balaban J connectivity index is 1.92. The van der Waals surface area contributed by atoms with E-state index in [1.54, 1.807) is 0 Å². The molecule has 0 fully saturated rings. The molecule has 0 amide bonds. The normalized spacial score (nSPS) is 11.3. The van der Waals surface area contributed by atoms with E-state index in [0.29, 0.717) is 0 Å². The zero-order valence-corrected chi connectivity index (χ0v) is 12.2. The highest BCUT2D eigenvalue weighted by atomic mass is 35.5. The Morgan fingerprint density at radius 2 is 1.91 bits per heavy atom. The van der Waals surface area contributed by atoms with Crippen molar-refractivity contribution in [2.75, 3.05) is 23.7 Å². The van der Waals surface area contributed by atoms with Crippen LogP contribution in [0.25, 0.3) is 0 Å². The number of aromatic nitrogens is 3. The Hall–Kier alpha value is -2.49. The molecule has 0 radical (unpaired) electrons. The van der Waals surface area contributed by atoms with Crippen LogP contribution in [0.1, 0.15) is 5.56 Å². The van der Waals surface area contributed by atoms with Gasteiger partial charge < -0.3 is 10.3 Å². The molecule has 0 aliphatic carbocycles. The monoisotopic (exact) mass is 350 g/mol. The maximum atomic E-state index is 12.5. The summed E-state index contributed by atoms with van der Waals surface area (Å²) in [6.07, 6.45) is -2.46. The van der Waals surface area contributed by atoms with Crippen LogP contribution in [-0.2, 0) is 6.18 Å². The lowest BCUT2D eigenvalue weighted by atomic mass is 10.3. The van der Waals surface area contributed by atoms with Crippen molar-refractivity contribution < 1.29 is 18.2 Å². The van der Waals surface area contributed by atoms with E-state index in [4.69, 9.17) is 11.6 Å². The van der Waals surface area contributed by atoms with Gasteiger partial charge in [0.1, 0.15) is 23.5 Å². The number of rotatable bonds is 5. The van der Waals surface area contributed by atoms with Gasteiger partial charge in [-0.05, 0) is 6.07 Å². The lowest BCUT2D eigenvalue weighted by Crippen LogP contribution is -2.27. The standard InChI is InChI=1S/C12H11ClF3N5O2/c13-7-3-6(12(14,15)16)4-19-9(7)18-2-1-17-8-5-20-11(23)21-10(8)22/h3-5,17H,1-2H2,(H,18,19)(H2,20,21,22,23)/p+1. The van der Waals surface area contributed by atoms with E-state index in [-0.39, 0.29) is 29.6 Å². The minimum absolute atomic E-state index is 0.110. The van der Waals surface area contributed by atoms with Crippen LogP contribution >= 0.6 is 11.6 Å². The van der Waals surface area contributed by atoms with Crippen molar-refractivity contribution >= 4 is 23.1 Å². The van der Waals surface area contributed by atoms with E-state index in [9.17, 15) is 22.8 Å². The fraction of sp³-hybridized carbons (Fsp3) is 0.250. The number of pyridine rings is 1. The molecular formula is C12H12ClF3N5O2+. The Morgan fingerprint density at radius 1 is 1.22 bits per heavy atom. The first-order chi connectivity index (χ1) is 10.8. The van der Waals surface area contributed by atoms with Crippen molar-refractivity contribution in [3.05, 3.63) is 49.9 Å². The summed E-state index contributed by atoms with van der Waals surface area (Å²) in [4.78, 5) is 29.0. The summed E-state index contributed by atoms with van der Waals surface area (Å²) in [7, 11) is 0. The number of hydrogen-bond donors (Lipinski definition) is 4. The number of halogens is 4. The third-order valence-corrected chi connectivity index (χ3v) is 3.08. The van der Waals surface area contributed by atoms with Gasteiger partial charge in [-0.2, -0.15) is 13.2 Å². The fourth-order valence-electron chi connectivity index (χ4n) is 1.69. The SMILES string of the molecule is O=c1[nH]cc(NCCNc2[nH+]cc(C(F)(F)F)cc2Cl)c(=O)[nH]1. The van der Waals surface area contributed by atoms with Crippen LogP contribution in [-0.4, -0.2) is 23.1 Å². The second kappa shape index (κ2) is 6.73. The summed E-state index contributed by atoms with van der Waals surface area (Å²) in [5.74, 6) is 0.219. The van der Waals surface area contributed by atoms with Gasteiger partial charge in [0.25, 0.3) is 11.4 Å². The third-order valence-electron chi connectivity index (χ3n) is 2.78. The van der Waals surface area contributed by atoms with Crippen LogP contribution in [0.4, 0.5) is 24.7 Å². The molecule has 23 heavy (non-hydrogen) atoms. The summed E-state index contributed by atoms with van der Waals surface area (Å²) >= 11 is 5.77. The number of anilines is 2. The molecule has 0 aliphatic heterocycles. The molecule has 0 aromatic carbocycles. The van der Waals surface area contributed by atoms with Crippen LogP contribution < -0.4 is 26.9 Å². The van der Waals surface area contributed by atoms with Gasteiger partial charge in [0.15, 0.2) is 0 Å². The minimum atomic E-state index is -4.48. The van der Waals surface area contributed by atoms with E-state index >= 15 is 0 Å². The molecule has 5 N–H and O–H groups in total. The van der Waals surface area contributed by atoms with Crippen molar-refractivity contribution in [2.24, 2.45) is 0 Å². The summed E-state index contributed by atoms with van der Waals surface area (Å²) in [6.45, 7) is 0.528. The summed E-state index contributed by atoms with van der Waals surface area (Å²) < 4.78 is 37.5. The molecular weight excluding hydrogens is 339 g/mol. The summed E-state index contributed by atoms with van der Waals surface area (Å²) in [5.41, 5.74) is -1.92. The third kappa shape index (κ3) is 4.49. The molecule has 0 atom stereocenters. The van der Waals surface area contributed by atoms with Crippen molar-refractivity contribution in [1.29, 1.82) is 0 Å². The lowest BCUT2D eigenvalue weighted by Gasteiger charge is -2.07. The highest BCUT2D eigenvalue weighted by Crippen LogP contribution is 2.30. The molecule has 2 aromatic heterocycles. The zero-order valence-electron chi connectivity index (χ0n) is 11.5. The molecule has 0 saturated heterocycles. The van der Waals surface area contributed by atoms with Gasteiger partial charge in [0.05, 0.1) is 12.1 Å². The van der Waals surface area contributed by atoms with Crippen LogP contribution in [0.3, 0.4) is 0 Å². The molecule has 2 rings (SSSR count). The molecule has 2 heterocycles. The quantitative estimate of drug-likeness (QED) is 0.606. The molecule has 0 aliphatic rings. The minimum Gasteiger partial charge on any atom is -0.375 e. The van der Waals surface area contributed by atoms with Gasteiger partial charge in [-0.1, -0.05) is 11.6 Å². The van der Waals surface area contributed by atoms with Crippen molar-refractivity contribution in [1.82, 2.24) is 9.97 Å². The van der Waals surface area contributed by atoms with Crippen LogP contribution in [0, 0.1) is 0 Å². The van der Waals surface area contributed by atoms with Crippen LogP contribution in [0.2, 0.25) is 5.02 Å². The first-order valence-electron chi connectivity index (χ1n) is 6.35. The first-order valence-corrected chi connectivity index (χ1v) is 6.73. The smallest absolute Gasteiger partial charge is 0.375 e. The largest absolute Gasteiger partial charge is 0.419 e. The summed E-state index contributed by atoms with van der Waals surface area (Å²) in [6, 6.07) is 0.806. The van der Waals surface area contributed by atoms with E-state index < -0.39 is 23.0 Å². The van der Waals surface area contributed by atoms with Crippen molar-refractivity contribution in [3.63, 3.8) is 0 Å². The maximum Gasteiger partial charge on any atom is 0.419 e. The fourth-order valence-corrected chi connectivity index (χ4v) is 1.93. The number of alkyl halides is 3. The Kier molecular flexibility index (Phi) is 4.94. The molecule has 0 bridgehead atoms. The number of H-pyrrole nitrogens is 3. The Morgan fingerprint density at radius 3 is 2.52 bits per heavy atom. The van der Waals surface area contributed by atoms with Crippen molar-refractivity contribution in [2.45, 2.75) is 6.18 Å². The molecule has 124 valence electrons. The maximum absolute atomic E-state index is 12.5. The molecule has 0 saturated carbocycles. The van der Waals surface area contributed by atoms with Gasteiger partial charge in [0, 0.05) is 6.20 Å². The topological polar surface area (TPSA) is 104 Å². The van der Waals surface area contributed by atoms with Gasteiger partial charge in [-0.3, -0.25) is 15.1 Å². The van der Waals surface area contributed by atoms with Crippen molar-refractivity contribution in [3.8, 4) is 0 Å². The zero-order chi connectivity index (χ0) is 17.0. The summed E-state index contributed by atoms with van der Waals surface area (Å²) in [5, 5.41) is 5.43. The Bertz CT molecular complexity index is 802. The molecule has 0 spiro atoms. The lowest BCUT2D eigenvalue weighted by molar-refractivity contribution is -0.364. The number of nitrogens with one attached hydrogen (secondary N) is 5. The van der Waals surface area contributed by atoms with E-state index in [2.05, 4.69) is 20.6 Å². The second-order valence-electron chi connectivity index (χ2n) is 4.45. The van der Waals surface area contributed by atoms with Gasteiger partial charge >= 0.3 is 11.9 Å². The molecule has 7 nitrogen and oxygen atoms in total. The van der Waals surface area contributed by atoms with E-state index in [0.717, 1.165) is 12.3 Å². The second-order valence-corrected chi connectivity index (χ2v) is 4.86.